The first-order valence-electron chi connectivity index (χ1n) is 7.32. The number of H-pyrrole nitrogens is 1. The Hall–Kier alpha value is -2.00. The maximum absolute atomic E-state index is 12.7. The van der Waals surface area contributed by atoms with Gasteiger partial charge < -0.3 is 10.0 Å². The van der Waals surface area contributed by atoms with E-state index in [2.05, 4.69) is 39.5 Å². The van der Waals surface area contributed by atoms with Crippen molar-refractivity contribution in [1.82, 2.24) is 30.5 Å². The van der Waals surface area contributed by atoms with Crippen LogP contribution in [0.3, 0.4) is 0 Å². The molecule has 2 aromatic rings. The van der Waals surface area contributed by atoms with Crippen molar-refractivity contribution in [3.05, 3.63) is 35.9 Å². The fourth-order valence-corrected chi connectivity index (χ4v) is 5.12. The van der Waals surface area contributed by atoms with Gasteiger partial charge in [-0.15, -0.1) is 22.0 Å². The number of tetrazole rings is 1. The fraction of sp³-hybridized carbons (Fsp3) is 0.500. The van der Waals surface area contributed by atoms with Gasteiger partial charge in [-0.2, -0.15) is 5.21 Å². The van der Waals surface area contributed by atoms with E-state index in [0.29, 0.717) is 11.4 Å². The van der Waals surface area contributed by atoms with Crippen LogP contribution in [0.5, 0.6) is 0 Å². The van der Waals surface area contributed by atoms with Crippen molar-refractivity contribution in [3.63, 3.8) is 0 Å². The van der Waals surface area contributed by atoms with Gasteiger partial charge >= 0.3 is 0 Å². The molecule has 4 unspecified atom stereocenters. The number of fused-ring (bicyclic) bond motifs is 1. The molecule has 9 heteroatoms. The zero-order chi connectivity index (χ0) is 16.2. The molecule has 0 aromatic carbocycles. The number of carbonyl (C=O) groups excluding carboxylic acids is 1. The summed E-state index contributed by atoms with van der Waals surface area (Å²) < 4.78 is -0.256. The van der Waals surface area contributed by atoms with Gasteiger partial charge in [0.05, 0.1) is 17.4 Å². The molecule has 0 radical (unpaired) electrons. The Balaban J connectivity index is 1.63. The van der Waals surface area contributed by atoms with Gasteiger partial charge in [0.15, 0.2) is 5.82 Å². The van der Waals surface area contributed by atoms with E-state index in [1.54, 1.807) is 41.2 Å². The molecule has 8 nitrogen and oxygen atoms in total. The third kappa shape index (κ3) is 2.07. The Morgan fingerprint density at radius 1 is 1.48 bits per heavy atom. The number of thioether (sulfide) groups is 1. The molecule has 23 heavy (non-hydrogen) atoms. The molecule has 0 saturated carbocycles. The number of rotatable bonds is 3. The monoisotopic (exact) mass is 332 g/mol. The van der Waals surface area contributed by atoms with Crippen molar-refractivity contribution < 1.29 is 9.90 Å². The maximum Gasteiger partial charge on any atom is 0.233 e. The highest BCUT2D eigenvalue weighted by atomic mass is 32.2. The van der Waals surface area contributed by atoms with Crippen LogP contribution < -0.4 is 0 Å². The van der Waals surface area contributed by atoms with Crippen molar-refractivity contribution in [2.45, 2.75) is 36.1 Å². The summed E-state index contributed by atoms with van der Waals surface area (Å²) in [6.07, 6.45) is 2.39. The molecule has 0 bridgehead atoms. The first-order chi connectivity index (χ1) is 11.0. The second-order valence-corrected chi connectivity index (χ2v) is 8.06. The summed E-state index contributed by atoms with van der Waals surface area (Å²) in [5.74, 6) is -0.0488. The average molecular weight is 332 g/mol. The third-order valence-electron chi connectivity index (χ3n) is 4.45. The molecule has 2 aromatic heterocycles. The molecule has 2 fully saturated rings. The van der Waals surface area contributed by atoms with Crippen molar-refractivity contribution in [2.24, 2.45) is 5.92 Å². The number of aliphatic hydroxyl groups excluding tert-OH is 1. The van der Waals surface area contributed by atoms with Crippen LogP contribution in [-0.2, 0) is 4.79 Å². The van der Waals surface area contributed by atoms with Crippen LogP contribution in [0.25, 0.3) is 0 Å². The van der Waals surface area contributed by atoms with Crippen molar-refractivity contribution in [2.75, 3.05) is 0 Å². The summed E-state index contributed by atoms with van der Waals surface area (Å²) in [5, 5.41) is 24.6. The molecule has 2 saturated heterocycles. The Morgan fingerprint density at radius 3 is 2.96 bits per heavy atom. The van der Waals surface area contributed by atoms with Gasteiger partial charge in [0.1, 0.15) is 6.04 Å². The number of carbonyl (C=O) groups is 1. The number of nitrogens with zero attached hydrogens (tertiary/aromatic N) is 5. The molecule has 4 atom stereocenters. The largest absolute Gasteiger partial charge is 0.387 e. The number of hydrogen-bond acceptors (Lipinski definition) is 7. The first kappa shape index (κ1) is 14.6. The lowest BCUT2D eigenvalue weighted by molar-refractivity contribution is -0.161. The molecule has 4 heterocycles. The van der Waals surface area contributed by atoms with E-state index < -0.39 is 12.0 Å². The summed E-state index contributed by atoms with van der Waals surface area (Å²) in [5.41, 5.74) is 0.659. The number of aromatic amines is 1. The minimum atomic E-state index is -0.857. The summed E-state index contributed by atoms with van der Waals surface area (Å²) >= 11 is 1.66. The zero-order valence-corrected chi connectivity index (χ0v) is 13.4. The Labute approximate surface area is 136 Å². The first-order valence-corrected chi connectivity index (χ1v) is 8.20. The molecular formula is C14H16N6O2S. The summed E-state index contributed by atoms with van der Waals surface area (Å²) in [6, 6.07) is 3.30. The molecule has 0 aliphatic carbocycles. The lowest BCUT2D eigenvalue weighted by Gasteiger charge is -2.45. The van der Waals surface area contributed by atoms with Gasteiger partial charge in [0.2, 0.25) is 5.91 Å². The van der Waals surface area contributed by atoms with Crippen LogP contribution in [0, 0.1) is 5.92 Å². The summed E-state index contributed by atoms with van der Waals surface area (Å²) in [7, 11) is 0. The highest BCUT2D eigenvalue weighted by molar-refractivity contribution is 8.01. The molecule has 0 spiro atoms. The number of pyridine rings is 1. The van der Waals surface area contributed by atoms with Crippen LogP contribution in [0.15, 0.2) is 24.5 Å². The highest BCUT2D eigenvalue weighted by Gasteiger charge is 2.64. The molecule has 1 amide bonds. The van der Waals surface area contributed by atoms with Gasteiger partial charge in [0.25, 0.3) is 0 Å². The van der Waals surface area contributed by atoms with E-state index >= 15 is 0 Å². The minimum Gasteiger partial charge on any atom is -0.387 e. The van der Waals surface area contributed by atoms with E-state index in [1.165, 1.54) is 0 Å². The Kier molecular flexibility index (Phi) is 3.17. The van der Waals surface area contributed by atoms with E-state index in [9.17, 15) is 9.90 Å². The highest BCUT2D eigenvalue weighted by Crippen LogP contribution is 2.60. The van der Waals surface area contributed by atoms with Crippen molar-refractivity contribution in [3.8, 4) is 0 Å². The topological polar surface area (TPSA) is 108 Å². The smallest absolute Gasteiger partial charge is 0.233 e. The van der Waals surface area contributed by atoms with Gasteiger partial charge in [-0.05, 0) is 25.5 Å². The van der Waals surface area contributed by atoms with E-state index in [1.807, 2.05) is 0 Å². The molecule has 4 rings (SSSR count). The zero-order valence-electron chi connectivity index (χ0n) is 12.6. The van der Waals surface area contributed by atoms with Gasteiger partial charge in [-0.1, -0.05) is 11.3 Å². The average Bonchev–Trinajstić information content (AvgIpc) is 3.12. The van der Waals surface area contributed by atoms with Crippen LogP contribution in [0.1, 0.15) is 37.4 Å². The van der Waals surface area contributed by atoms with Crippen LogP contribution >= 0.6 is 11.8 Å². The Bertz CT molecular complexity index is 722. The molecule has 2 aliphatic heterocycles. The normalized spacial score (nSPS) is 30.0. The number of aromatic nitrogens is 5. The maximum atomic E-state index is 12.7. The molecule has 2 aliphatic rings. The summed E-state index contributed by atoms with van der Waals surface area (Å²) in [6.45, 7) is 4.11. The third-order valence-corrected chi connectivity index (χ3v) is 6.05. The van der Waals surface area contributed by atoms with Gasteiger partial charge in [-0.3, -0.25) is 9.78 Å². The molecule has 2 N–H and O–H groups in total. The lowest BCUT2D eigenvalue weighted by Crippen LogP contribution is -2.59. The van der Waals surface area contributed by atoms with E-state index in [0.717, 1.165) is 0 Å². The lowest BCUT2D eigenvalue weighted by atomic mass is 9.85. The number of aliphatic hydroxyl groups is 1. The number of β-lactam (4-membered cyclic amide) rings is 1. The van der Waals surface area contributed by atoms with Crippen molar-refractivity contribution in [1.29, 1.82) is 0 Å². The standard InChI is InChI=1S/C14H16N6O2S/c1-14(2)10(11-16-18-19-17-11)20-12(22)8(13(20)23-14)9(21)7-4-3-5-15-6-7/h3-6,8-10,13,21H,1-2H3,(H,16,17,18,19). The van der Waals surface area contributed by atoms with Gasteiger partial charge in [-0.25, -0.2) is 0 Å². The number of amides is 1. The molecular weight excluding hydrogens is 316 g/mol. The van der Waals surface area contributed by atoms with Crippen LogP contribution in [0.4, 0.5) is 0 Å². The quantitative estimate of drug-likeness (QED) is 0.796. The predicted molar refractivity (Wildman–Crippen MR) is 81.9 cm³/mol. The molecule has 120 valence electrons. The SMILES string of the molecule is CC1(C)SC2C(C(O)c3cccnc3)C(=O)N2C1c1nn[nH]n1. The predicted octanol–water partition coefficient (Wildman–Crippen LogP) is 0.679. The van der Waals surface area contributed by atoms with Crippen LogP contribution in [0.2, 0.25) is 0 Å². The van der Waals surface area contributed by atoms with Gasteiger partial charge in [0, 0.05) is 17.1 Å². The van der Waals surface area contributed by atoms with Crippen molar-refractivity contribution >= 4 is 17.7 Å². The Morgan fingerprint density at radius 2 is 2.30 bits per heavy atom. The van der Waals surface area contributed by atoms with E-state index in [4.69, 9.17) is 0 Å². The second kappa shape index (κ2) is 5.00. The number of hydrogen-bond donors (Lipinski definition) is 2. The number of nitrogens with one attached hydrogen (secondary N) is 1. The summed E-state index contributed by atoms with van der Waals surface area (Å²) in [4.78, 5) is 18.5. The van der Waals surface area contributed by atoms with Crippen LogP contribution in [-0.4, -0.2) is 51.6 Å². The second-order valence-electron chi connectivity index (χ2n) is 6.29. The minimum absolute atomic E-state index is 0.0840. The fourth-order valence-electron chi connectivity index (χ4n) is 3.40. The van der Waals surface area contributed by atoms with E-state index in [-0.39, 0.29) is 22.1 Å².